The number of unbranched alkanes of at least 4 members (excludes halogenated alkanes) is 7. The van der Waals surface area contributed by atoms with E-state index in [0.717, 1.165) is 6.42 Å². The summed E-state index contributed by atoms with van der Waals surface area (Å²) < 4.78 is 0. The molecule has 14 heavy (non-hydrogen) atoms. The molecule has 2 nitrogen and oxygen atoms in total. The predicted octanol–water partition coefficient (Wildman–Crippen LogP) is 3.39. The van der Waals surface area contributed by atoms with Crippen LogP contribution in [0.25, 0.3) is 0 Å². The number of allylic oxidation sites excluding steroid dienone is 1. The van der Waals surface area contributed by atoms with E-state index in [1.807, 2.05) is 6.08 Å². The standard InChI is InChI=1S/C12H23NO/c1-2-3-4-5-6-7-8-9-10-11-13-12-14/h10-12H,2-9H2,1H3,(H,13,14). The first kappa shape index (κ1) is 13.2. The van der Waals surface area contributed by atoms with Gasteiger partial charge in [-0.3, -0.25) is 4.79 Å². The molecule has 0 rings (SSSR count). The fourth-order valence-corrected chi connectivity index (χ4v) is 1.41. The molecule has 0 fully saturated rings. The van der Waals surface area contributed by atoms with Crippen molar-refractivity contribution in [2.75, 3.05) is 0 Å². The van der Waals surface area contributed by atoms with Crippen LogP contribution in [0.2, 0.25) is 0 Å². The highest BCUT2D eigenvalue weighted by atomic mass is 16.1. The predicted molar refractivity (Wildman–Crippen MR) is 60.9 cm³/mol. The third-order valence-corrected chi connectivity index (χ3v) is 2.26. The van der Waals surface area contributed by atoms with Crippen molar-refractivity contribution in [2.24, 2.45) is 0 Å². The van der Waals surface area contributed by atoms with Gasteiger partial charge in [-0.15, -0.1) is 0 Å². The Morgan fingerprint density at radius 3 is 2.29 bits per heavy atom. The van der Waals surface area contributed by atoms with Gasteiger partial charge in [-0.1, -0.05) is 51.5 Å². The van der Waals surface area contributed by atoms with E-state index in [4.69, 9.17) is 0 Å². The SMILES string of the molecule is CCCCCCCCCC=CNC=O. The van der Waals surface area contributed by atoms with Crippen molar-refractivity contribution < 1.29 is 4.79 Å². The number of rotatable bonds is 10. The van der Waals surface area contributed by atoms with E-state index in [0.29, 0.717) is 6.41 Å². The van der Waals surface area contributed by atoms with E-state index in [2.05, 4.69) is 12.2 Å². The Morgan fingerprint density at radius 2 is 1.64 bits per heavy atom. The minimum Gasteiger partial charge on any atom is -0.336 e. The molecule has 0 unspecified atom stereocenters. The maximum atomic E-state index is 9.88. The number of hydrogen-bond donors (Lipinski definition) is 1. The maximum Gasteiger partial charge on any atom is 0.211 e. The normalized spacial score (nSPS) is 10.6. The summed E-state index contributed by atoms with van der Waals surface area (Å²) in [5.74, 6) is 0. The van der Waals surface area contributed by atoms with Crippen molar-refractivity contribution in [3.05, 3.63) is 12.3 Å². The second-order valence-corrected chi connectivity index (χ2v) is 3.60. The van der Waals surface area contributed by atoms with Gasteiger partial charge in [0.25, 0.3) is 0 Å². The molecular weight excluding hydrogens is 174 g/mol. The van der Waals surface area contributed by atoms with E-state index in [1.54, 1.807) is 6.20 Å². The number of carbonyl (C=O) groups excluding carboxylic acids is 1. The Hall–Kier alpha value is -0.790. The first-order valence-electron chi connectivity index (χ1n) is 5.76. The Morgan fingerprint density at radius 1 is 1.00 bits per heavy atom. The molecule has 0 saturated carbocycles. The summed E-state index contributed by atoms with van der Waals surface area (Å²) in [5, 5.41) is 2.51. The van der Waals surface area contributed by atoms with E-state index in [1.165, 1.54) is 44.9 Å². The van der Waals surface area contributed by atoms with Gasteiger partial charge >= 0.3 is 0 Å². The van der Waals surface area contributed by atoms with Gasteiger partial charge in [-0.25, -0.2) is 0 Å². The van der Waals surface area contributed by atoms with Crippen LogP contribution in [0.5, 0.6) is 0 Å². The second kappa shape index (κ2) is 12.2. The topological polar surface area (TPSA) is 29.1 Å². The lowest BCUT2D eigenvalue weighted by molar-refractivity contribution is -0.108. The zero-order chi connectivity index (χ0) is 10.5. The summed E-state index contributed by atoms with van der Waals surface area (Å²) in [6.45, 7) is 2.24. The molecule has 1 N–H and O–H groups in total. The summed E-state index contributed by atoms with van der Waals surface area (Å²) in [7, 11) is 0. The number of carbonyl (C=O) groups is 1. The fourth-order valence-electron chi connectivity index (χ4n) is 1.41. The van der Waals surface area contributed by atoms with Crippen molar-refractivity contribution in [3.8, 4) is 0 Å². The van der Waals surface area contributed by atoms with Gasteiger partial charge in [-0.2, -0.15) is 0 Å². The van der Waals surface area contributed by atoms with Crippen LogP contribution in [0.1, 0.15) is 58.3 Å². The first-order chi connectivity index (χ1) is 6.91. The molecule has 0 atom stereocenters. The fraction of sp³-hybridized carbons (Fsp3) is 0.750. The smallest absolute Gasteiger partial charge is 0.211 e. The Kier molecular flexibility index (Phi) is 11.5. The van der Waals surface area contributed by atoms with Crippen molar-refractivity contribution in [1.29, 1.82) is 0 Å². The molecule has 0 aliphatic carbocycles. The molecule has 82 valence electrons. The zero-order valence-electron chi connectivity index (χ0n) is 9.30. The monoisotopic (exact) mass is 197 g/mol. The molecule has 0 heterocycles. The van der Waals surface area contributed by atoms with E-state index in [9.17, 15) is 4.79 Å². The van der Waals surface area contributed by atoms with Crippen LogP contribution in [0.3, 0.4) is 0 Å². The summed E-state index contributed by atoms with van der Waals surface area (Å²) in [4.78, 5) is 9.88. The van der Waals surface area contributed by atoms with E-state index < -0.39 is 0 Å². The molecule has 0 aliphatic heterocycles. The number of nitrogens with one attached hydrogen (secondary N) is 1. The van der Waals surface area contributed by atoms with Crippen molar-refractivity contribution in [2.45, 2.75) is 58.3 Å². The Bertz CT molecular complexity index is 143. The average Bonchev–Trinajstić information content (AvgIpc) is 2.21. The first-order valence-corrected chi connectivity index (χ1v) is 5.76. The van der Waals surface area contributed by atoms with Gasteiger partial charge in [0, 0.05) is 0 Å². The maximum absolute atomic E-state index is 9.88. The molecule has 0 bridgehead atoms. The second-order valence-electron chi connectivity index (χ2n) is 3.60. The lowest BCUT2D eigenvalue weighted by atomic mass is 10.1. The Balaban J connectivity index is 2.95. The molecule has 0 saturated heterocycles. The van der Waals surface area contributed by atoms with Crippen LogP contribution in [0.15, 0.2) is 12.3 Å². The Labute approximate surface area is 87.8 Å². The van der Waals surface area contributed by atoms with E-state index in [-0.39, 0.29) is 0 Å². The highest BCUT2D eigenvalue weighted by Crippen LogP contribution is 2.08. The van der Waals surface area contributed by atoms with Crippen LogP contribution < -0.4 is 5.32 Å². The van der Waals surface area contributed by atoms with Crippen LogP contribution in [0, 0.1) is 0 Å². The number of amides is 1. The van der Waals surface area contributed by atoms with Crippen molar-refractivity contribution in [3.63, 3.8) is 0 Å². The third kappa shape index (κ3) is 11.2. The van der Waals surface area contributed by atoms with Crippen LogP contribution in [-0.2, 0) is 4.79 Å². The molecule has 0 aliphatic rings. The van der Waals surface area contributed by atoms with Gasteiger partial charge in [0.1, 0.15) is 0 Å². The molecule has 0 aromatic rings. The van der Waals surface area contributed by atoms with E-state index >= 15 is 0 Å². The quantitative estimate of drug-likeness (QED) is 0.422. The zero-order valence-corrected chi connectivity index (χ0v) is 9.30. The number of hydrogen-bond acceptors (Lipinski definition) is 1. The summed E-state index contributed by atoms with van der Waals surface area (Å²) in [5.41, 5.74) is 0. The van der Waals surface area contributed by atoms with Gasteiger partial charge in [0.2, 0.25) is 6.41 Å². The molecule has 0 radical (unpaired) electrons. The summed E-state index contributed by atoms with van der Waals surface area (Å²) in [6, 6.07) is 0. The molecule has 0 aromatic carbocycles. The third-order valence-electron chi connectivity index (χ3n) is 2.26. The molecular formula is C12H23NO. The highest BCUT2D eigenvalue weighted by Gasteiger charge is 1.88. The van der Waals surface area contributed by atoms with Crippen LogP contribution >= 0.6 is 0 Å². The molecule has 0 spiro atoms. The van der Waals surface area contributed by atoms with Crippen LogP contribution in [-0.4, -0.2) is 6.41 Å². The van der Waals surface area contributed by atoms with Gasteiger partial charge in [-0.05, 0) is 19.0 Å². The lowest BCUT2D eigenvalue weighted by Crippen LogP contribution is -1.97. The minimum absolute atomic E-state index is 0.696. The van der Waals surface area contributed by atoms with Crippen LogP contribution in [0.4, 0.5) is 0 Å². The summed E-state index contributed by atoms with van der Waals surface area (Å²) >= 11 is 0. The van der Waals surface area contributed by atoms with Gasteiger partial charge in [0.05, 0.1) is 0 Å². The highest BCUT2D eigenvalue weighted by molar-refractivity contribution is 5.47. The minimum atomic E-state index is 0.696. The lowest BCUT2D eigenvalue weighted by Gasteiger charge is -1.98. The molecule has 2 heteroatoms. The van der Waals surface area contributed by atoms with Gasteiger partial charge in [0.15, 0.2) is 0 Å². The van der Waals surface area contributed by atoms with Gasteiger partial charge < -0.3 is 5.32 Å². The van der Waals surface area contributed by atoms with Crippen molar-refractivity contribution in [1.82, 2.24) is 5.32 Å². The molecule has 1 amide bonds. The average molecular weight is 197 g/mol. The summed E-state index contributed by atoms with van der Waals surface area (Å²) in [6.07, 6.45) is 14.9. The molecule has 0 aromatic heterocycles. The van der Waals surface area contributed by atoms with Crippen molar-refractivity contribution >= 4 is 6.41 Å². The largest absolute Gasteiger partial charge is 0.336 e.